The van der Waals surface area contributed by atoms with Crippen LogP contribution in [0.5, 0.6) is 0 Å². The lowest BCUT2D eigenvalue weighted by molar-refractivity contribution is -0.114. The molecule has 2 atom stereocenters. The first kappa shape index (κ1) is 18.7. The van der Waals surface area contributed by atoms with Gasteiger partial charge in [-0.1, -0.05) is 12.1 Å². The number of fused-ring (bicyclic) bond motifs is 3. The van der Waals surface area contributed by atoms with Crippen LogP contribution < -0.4 is 10.6 Å². The van der Waals surface area contributed by atoms with Crippen molar-refractivity contribution in [3.8, 4) is 11.3 Å². The van der Waals surface area contributed by atoms with Gasteiger partial charge in [-0.25, -0.2) is 0 Å². The second-order valence-electron chi connectivity index (χ2n) is 8.04. The summed E-state index contributed by atoms with van der Waals surface area (Å²) in [5, 5.41) is 6.11. The normalized spacial score (nSPS) is 26.1. The minimum Gasteiger partial charge on any atom is -0.346 e. The fraction of sp³-hybridized carbons (Fsp3) is 0.455. The number of nitrogens with one attached hydrogen (secondary N) is 2. The summed E-state index contributed by atoms with van der Waals surface area (Å²) in [6.45, 7) is 6.02. The van der Waals surface area contributed by atoms with E-state index in [2.05, 4.69) is 22.5 Å². The van der Waals surface area contributed by atoms with E-state index < -0.39 is 0 Å². The monoisotopic (exact) mass is 380 g/mol. The van der Waals surface area contributed by atoms with Gasteiger partial charge in [-0.3, -0.25) is 14.5 Å². The largest absolute Gasteiger partial charge is 0.346 e. The van der Waals surface area contributed by atoms with Crippen LogP contribution in [-0.4, -0.2) is 46.5 Å². The van der Waals surface area contributed by atoms with Gasteiger partial charge >= 0.3 is 0 Å². The van der Waals surface area contributed by atoms with E-state index >= 15 is 0 Å². The van der Waals surface area contributed by atoms with Crippen molar-refractivity contribution in [2.45, 2.75) is 38.8 Å². The van der Waals surface area contributed by atoms with Crippen LogP contribution in [0, 0.1) is 5.92 Å². The summed E-state index contributed by atoms with van der Waals surface area (Å²) in [5.74, 6) is 0.464. The average Bonchev–Trinajstić information content (AvgIpc) is 3.06. The Labute approximate surface area is 165 Å². The standard InChI is InChI=1S/C22H28N4O2/c1-14-21(16-9-11-26(14)12-10-16)24-22(28)20-8-7-19(25(20)3)17-5-4-6-18(13-17)23-15(2)27/h4-8,13-14,16,21H,9-12H2,1-3H3,(H,23,27)(H,24,28)/t14-,21-/m0/s1. The van der Waals surface area contributed by atoms with E-state index in [-0.39, 0.29) is 17.9 Å². The predicted molar refractivity (Wildman–Crippen MR) is 110 cm³/mol. The van der Waals surface area contributed by atoms with Crippen LogP contribution in [0.1, 0.15) is 37.2 Å². The van der Waals surface area contributed by atoms with Crippen LogP contribution in [-0.2, 0) is 11.8 Å². The molecule has 1 aromatic carbocycles. The quantitative estimate of drug-likeness (QED) is 0.857. The fourth-order valence-electron chi connectivity index (χ4n) is 4.76. The summed E-state index contributed by atoms with van der Waals surface area (Å²) in [7, 11) is 1.91. The molecule has 2 amide bonds. The number of amides is 2. The number of rotatable bonds is 4. The molecule has 148 valence electrons. The lowest BCUT2D eigenvalue weighted by Gasteiger charge is -2.49. The maximum atomic E-state index is 13.0. The van der Waals surface area contributed by atoms with E-state index in [4.69, 9.17) is 0 Å². The zero-order valence-electron chi connectivity index (χ0n) is 16.7. The molecule has 4 heterocycles. The van der Waals surface area contributed by atoms with Crippen LogP contribution in [0.25, 0.3) is 11.3 Å². The third-order valence-corrected chi connectivity index (χ3v) is 6.31. The minimum atomic E-state index is -0.101. The second-order valence-corrected chi connectivity index (χ2v) is 8.04. The molecule has 2 bridgehead atoms. The van der Waals surface area contributed by atoms with E-state index in [1.54, 1.807) is 0 Å². The molecule has 6 heteroatoms. The number of hydrogen-bond acceptors (Lipinski definition) is 3. The van der Waals surface area contributed by atoms with Crippen molar-refractivity contribution in [2.24, 2.45) is 13.0 Å². The molecular formula is C22H28N4O2. The molecule has 2 aromatic rings. The molecular weight excluding hydrogens is 352 g/mol. The highest BCUT2D eigenvalue weighted by atomic mass is 16.2. The Hall–Kier alpha value is -2.60. The zero-order valence-corrected chi connectivity index (χ0v) is 16.7. The molecule has 28 heavy (non-hydrogen) atoms. The first-order valence-electron chi connectivity index (χ1n) is 10.0. The topological polar surface area (TPSA) is 66.4 Å². The Bertz CT molecular complexity index is 894. The summed E-state index contributed by atoms with van der Waals surface area (Å²) >= 11 is 0. The molecule has 1 aromatic heterocycles. The smallest absolute Gasteiger partial charge is 0.268 e. The lowest BCUT2D eigenvalue weighted by atomic mass is 9.79. The lowest BCUT2D eigenvalue weighted by Crippen LogP contribution is -2.62. The van der Waals surface area contributed by atoms with Gasteiger partial charge in [-0.15, -0.1) is 0 Å². The van der Waals surface area contributed by atoms with Crippen LogP contribution in [0.2, 0.25) is 0 Å². The Balaban J connectivity index is 1.53. The molecule has 0 radical (unpaired) electrons. The van der Waals surface area contributed by atoms with Gasteiger partial charge in [0.1, 0.15) is 5.69 Å². The first-order valence-corrected chi connectivity index (χ1v) is 10.0. The number of nitrogens with zero attached hydrogens (tertiary/aromatic N) is 2. The van der Waals surface area contributed by atoms with Crippen LogP contribution in [0.4, 0.5) is 5.69 Å². The molecule has 5 rings (SSSR count). The Morgan fingerprint density at radius 1 is 1.11 bits per heavy atom. The molecule has 3 fully saturated rings. The highest BCUT2D eigenvalue weighted by molar-refractivity contribution is 5.94. The second kappa shape index (κ2) is 7.43. The van der Waals surface area contributed by atoms with Crippen molar-refractivity contribution in [3.05, 3.63) is 42.1 Å². The first-order chi connectivity index (χ1) is 13.4. The van der Waals surface area contributed by atoms with Gasteiger partial charge < -0.3 is 15.2 Å². The number of aromatic nitrogens is 1. The fourth-order valence-corrected chi connectivity index (χ4v) is 4.76. The summed E-state index contributed by atoms with van der Waals surface area (Å²) in [4.78, 5) is 26.8. The van der Waals surface area contributed by atoms with E-state index in [9.17, 15) is 9.59 Å². The summed E-state index contributed by atoms with van der Waals surface area (Å²) < 4.78 is 1.92. The third-order valence-electron chi connectivity index (χ3n) is 6.31. The SMILES string of the molecule is CC(=O)Nc1cccc(-c2ccc(C(=O)N[C@@H]3C4CCN(CC4)[C@H]3C)n2C)c1. The number of carbonyl (C=O) groups excluding carboxylic acids is 2. The highest BCUT2D eigenvalue weighted by Crippen LogP contribution is 2.32. The van der Waals surface area contributed by atoms with Crippen molar-refractivity contribution in [2.75, 3.05) is 18.4 Å². The summed E-state index contributed by atoms with van der Waals surface area (Å²) in [6, 6.07) is 12.1. The summed E-state index contributed by atoms with van der Waals surface area (Å²) in [5.41, 5.74) is 3.31. The molecule has 0 saturated carbocycles. The number of benzene rings is 1. The Morgan fingerprint density at radius 3 is 2.54 bits per heavy atom. The van der Waals surface area contributed by atoms with Gasteiger partial charge in [0.25, 0.3) is 5.91 Å². The van der Waals surface area contributed by atoms with Gasteiger partial charge in [0.05, 0.1) is 0 Å². The van der Waals surface area contributed by atoms with E-state index in [0.717, 1.165) is 30.0 Å². The van der Waals surface area contributed by atoms with Gasteiger partial charge in [0, 0.05) is 43.0 Å². The van der Waals surface area contributed by atoms with Crippen molar-refractivity contribution < 1.29 is 9.59 Å². The number of carbonyl (C=O) groups is 2. The molecule has 3 aliphatic heterocycles. The molecule has 0 aliphatic carbocycles. The van der Waals surface area contributed by atoms with Crippen molar-refractivity contribution in [3.63, 3.8) is 0 Å². The number of hydrogen-bond donors (Lipinski definition) is 2. The molecule has 3 saturated heterocycles. The number of piperidine rings is 3. The van der Waals surface area contributed by atoms with Crippen molar-refractivity contribution in [1.29, 1.82) is 0 Å². The molecule has 0 spiro atoms. The summed E-state index contributed by atoms with van der Waals surface area (Å²) in [6.07, 6.45) is 2.34. The van der Waals surface area contributed by atoms with Crippen LogP contribution in [0.3, 0.4) is 0 Å². The van der Waals surface area contributed by atoms with Crippen molar-refractivity contribution >= 4 is 17.5 Å². The zero-order chi connectivity index (χ0) is 19.8. The number of anilines is 1. The predicted octanol–water partition coefficient (Wildman–Crippen LogP) is 2.86. The van der Waals surface area contributed by atoms with Crippen LogP contribution >= 0.6 is 0 Å². The van der Waals surface area contributed by atoms with Gasteiger partial charge in [0.15, 0.2) is 0 Å². The van der Waals surface area contributed by atoms with E-state index in [1.165, 1.54) is 19.8 Å². The van der Waals surface area contributed by atoms with Crippen molar-refractivity contribution in [1.82, 2.24) is 14.8 Å². The van der Waals surface area contributed by atoms with Gasteiger partial charge in [0.2, 0.25) is 5.91 Å². The molecule has 2 N–H and O–H groups in total. The Kier molecular flexibility index (Phi) is 4.98. The maximum absolute atomic E-state index is 13.0. The Morgan fingerprint density at radius 2 is 1.86 bits per heavy atom. The molecule has 0 unspecified atom stereocenters. The van der Waals surface area contributed by atoms with E-state index in [1.807, 2.05) is 48.0 Å². The van der Waals surface area contributed by atoms with Crippen LogP contribution in [0.15, 0.2) is 36.4 Å². The van der Waals surface area contributed by atoms with Gasteiger partial charge in [-0.05, 0) is 63.0 Å². The average molecular weight is 380 g/mol. The third kappa shape index (κ3) is 3.44. The molecule has 3 aliphatic rings. The molecule has 6 nitrogen and oxygen atoms in total. The maximum Gasteiger partial charge on any atom is 0.268 e. The minimum absolute atomic E-state index is 0.0163. The van der Waals surface area contributed by atoms with Gasteiger partial charge in [-0.2, -0.15) is 0 Å². The highest BCUT2D eigenvalue weighted by Gasteiger charge is 2.40. The van der Waals surface area contributed by atoms with E-state index in [0.29, 0.717) is 17.7 Å².